The van der Waals surface area contributed by atoms with Crippen molar-refractivity contribution in [2.75, 3.05) is 6.51 Å². The molecule has 2 aliphatic rings. The first-order chi connectivity index (χ1) is 17.9. The molecule has 1 nitrogen and oxygen atoms in total. The van der Waals surface area contributed by atoms with Gasteiger partial charge in [-0.3, -0.25) is 0 Å². The molecule has 2 aliphatic carbocycles. The summed E-state index contributed by atoms with van der Waals surface area (Å²) in [5.74, 6) is 0.508. The van der Waals surface area contributed by atoms with E-state index in [0.717, 1.165) is 36.2 Å². The predicted molar refractivity (Wildman–Crippen MR) is 144 cm³/mol. The fourth-order valence-electron chi connectivity index (χ4n) is 6.49. The van der Waals surface area contributed by atoms with Gasteiger partial charge in [0.05, 0.1) is 0 Å². The van der Waals surface area contributed by atoms with Gasteiger partial charge in [0.1, 0.15) is 13.7 Å². The van der Waals surface area contributed by atoms with Crippen molar-refractivity contribution < 1.29 is 17.9 Å². The van der Waals surface area contributed by atoms with Gasteiger partial charge in [0.15, 0.2) is 11.6 Å². The van der Waals surface area contributed by atoms with Crippen molar-refractivity contribution in [3.05, 3.63) is 77.6 Å². The Kier molecular flexibility index (Phi) is 7.97. The Morgan fingerprint density at radius 2 is 1.27 bits per heavy atom. The molecule has 0 amide bonds. The van der Waals surface area contributed by atoms with Gasteiger partial charge < -0.3 is 4.74 Å². The highest BCUT2D eigenvalue weighted by atomic mass is 19.2. The monoisotopic (exact) mass is 502 g/mol. The molecule has 0 aromatic heterocycles. The zero-order chi connectivity index (χ0) is 25.9. The Bertz CT molecular complexity index is 1210. The third kappa shape index (κ3) is 5.61. The molecule has 2 saturated carbocycles. The summed E-state index contributed by atoms with van der Waals surface area (Å²) >= 11 is 0. The maximum atomic E-state index is 15.2. The standard InChI is InChI=1S/C32H34BF3O/c1-20-2-4-21(5-3-20)22-6-8-23(9-7-22)26-14-15-27(29(34)18-26)24-10-12-25(13-11-24)28-16-17-30(37-19-33)32(36)31(28)35/h10-18,20-23H,2-9,19H2,1H3. The summed E-state index contributed by atoms with van der Waals surface area (Å²) < 4.78 is 48.9. The van der Waals surface area contributed by atoms with Gasteiger partial charge in [-0.2, -0.15) is 4.39 Å². The third-order valence-electron chi connectivity index (χ3n) is 8.76. The minimum atomic E-state index is -1.07. The second-order valence-corrected chi connectivity index (χ2v) is 11.0. The lowest BCUT2D eigenvalue weighted by molar-refractivity contribution is 0.165. The summed E-state index contributed by atoms with van der Waals surface area (Å²) in [4.78, 5) is 0. The molecule has 0 saturated heterocycles. The maximum absolute atomic E-state index is 15.2. The highest BCUT2D eigenvalue weighted by Gasteiger charge is 2.30. The van der Waals surface area contributed by atoms with Crippen molar-refractivity contribution in [3.63, 3.8) is 0 Å². The fourth-order valence-corrected chi connectivity index (χ4v) is 6.49. The Morgan fingerprint density at radius 1 is 0.703 bits per heavy atom. The number of halogens is 3. The molecule has 5 heteroatoms. The maximum Gasteiger partial charge on any atom is 0.201 e. The van der Waals surface area contributed by atoms with Gasteiger partial charge in [0.2, 0.25) is 5.82 Å². The SMILES string of the molecule is [B]COc1ccc(-c2ccc(-c3ccc(C4CCC(C5CCC(C)CC5)CC4)cc3F)cc2)c(F)c1F. The van der Waals surface area contributed by atoms with E-state index in [0.29, 0.717) is 22.6 Å². The smallest absolute Gasteiger partial charge is 0.201 e. The number of ether oxygens (including phenoxy) is 1. The van der Waals surface area contributed by atoms with E-state index in [4.69, 9.17) is 12.6 Å². The van der Waals surface area contributed by atoms with Crippen molar-refractivity contribution in [2.45, 2.75) is 64.2 Å². The second-order valence-electron chi connectivity index (χ2n) is 11.0. The van der Waals surface area contributed by atoms with Crippen LogP contribution in [-0.2, 0) is 0 Å². The molecule has 3 aromatic carbocycles. The first-order valence-corrected chi connectivity index (χ1v) is 13.7. The van der Waals surface area contributed by atoms with E-state index in [2.05, 4.69) is 13.0 Å². The average Bonchev–Trinajstić information content (AvgIpc) is 2.92. The van der Waals surface area contributed by atoms with Crippen LogP contribution >= 0.6 is 0 Å². The Balaban J connectivity index is 1.26. The molecule has 3 aromatic rings. The predicted octanol–water partition coefficient (Wildman–Crippen LogP) is 9.04. The van der Waals surface area contributed by atoms with Crippen molar-refractivity contribution >= 4 is 7.85 Å². The first-order valence-electron chi connectivity index (χ1n) is 13.7. The molecule has 0 spiro atoms. The van der Waals surface area contributed by atoms with Crippen LogP contribution in [0.15, 0.2) is 54.6 Å². The topological polar surface area (TPSA) is 9.23 Å². The molecule has 0 heterocycles. The molecule has 192 valence electrons. The van der Waals surface area contributed by atoms with Gasteiger partial charge in [0.25, 0.3) is 0 Å². The lowest BCUT2D eigenvalue weighted by Gasteiger charge is -2.37. The van der Waals surface area contributed by atoms with Gasteiger partial charge in [-0.1, -0.05) is 56.2 Å². The molecule has 37 heavy (non-hydrogen) atoms. The summed E-state index contributed by atoms with van der Waals surface area (Å²) in [6, 6.07) is 15.3. The zero-order valence-electron chi connectivity index (χ0n) is 21.5. The number of hydrogen-bond donors (Lipinski definition) is 0. The van der Waals surface area contributed by atoms with E-state index in [9.17, 15) is 8.78 Å². The van der Waals surface area contributed by atoms with Crippen LogP contribution in [0.2, 0.25) is 0 Å². The van der Waals surface area contributed by atoms with E-state index in [-0.39, 0.29) is 23.6 Å². The van der Waals surface area contributed by atoms with Gasteiger partial charge in [-0.05, 0) is 97.1 Å². The van der Waals surface area contributed by atoms with Crippen molar-refractivity contribution in [3.8, 4) is 28.0 Å². The summed E-state index contributed by atoms with van der Waals surface area (Å²) in [5, 5.41) is 0. The van der Waals surface area contributed by atoms with E-state index in [1.807, 2.05) is 6.07 Å². The Morgan fingerprint density at radius 3 is 1.86 bits per heavy atom. The largest absolute Gasteiger partial charge is 0.500 e. The minimum absolute atomic E-state index is 0.114. The number of rotatable bonds is 6. The quantitative estimate of drug-likeness (QED) is 0.306. The molecular formula is C32H34BF3O. The molecule has 0 bridgehead atoms. The molecule has 0 atom stereocenters. The normalized spacial score (nSPS) is 24.1. The van der Waals surface area contributed by atoms with Crippen LogP contribution in [0.25, 0.3) is 22.3 Å². The fraction of sp³-hybridized carbons (Fsp3) is 0.438. The molecule has 2 radical (unpaired) electrons. The van der Waals surface area contributed by atoms with E-state index in [1.165, 1.54) is 50.7 Å². The van der Waals surface area contributed by atoms with E-state index < -0.39 is 11.6 Å². The van der Waals surface area contributed by atoms with Crippen LogP contribution in [0.5, 0.6) is 5.75 Å². The molecular weight excluding hydrogens is 468 g/mol. The molecule has 0 aliphatic heterocycles. The summed E-state index contributed by atoms with van der Waals surface area (Å²) in [6.07, 6.45) is 10.3. The molecule has 2 fully saturated rings. The lowest BCUT2D eigenvalue weighted by Crippen LogP contribution is -2.24. The van der Waals surface area contributed by atoms with Crippen LogP contribution in [0.4, 0.5) is 13.2 Å². The van der Waals surface area contributed by atoms with Gasteiger partial charge in [-0.25, -0.2) is 8.78 Å². The molecule has 0 unspecified atom stereocenters. The summed E-state index contributed by atoms with van der Waals surface area (Å²) in [7, 11) is 5.26. The first kappa shape index (κ1) is 25.9. The van der Waals surface area contributed by atoms with Crippen LogP contribution < -0.4 is 4.74 Å². The Hall–Kier alpha value is -2.69. The van der Waals surface area contributed by atoms with Crippen molar-refractivity contribution in [2.24, 2.45) is 17.8 Å². The average molecular weight is 502 g/mol. The molecule has 5 rings (SSSR count). The van der Waals surface area contributed by atoms with Crippen molar-refractivity contribution in [1.82, 2.24) is 0 Å². The van der Waals surface area contributed by atoms with Crippen LogP contribution in [0.1, 0.15) is 69.8 Å². The van der Waals surface area contributed by atoms with Gasteiger partial charge in [-0.15, -0.1) is 0 Å². The number of benzene rings is 3. The minimum Gasteiger partial charge on any atom is -0.500 e. The highest BCUT2D eigenvalue weighted by molar-refractivity contribution is 6.08. The van der Waals surface area contributed by atoms with Gasteiger partial charge >= 0.3 is 0 Å². The van der Waals surface area contributed by atoms with Crippen LogP contribution in [0.3, 0.4) is 0 Å². The van der Waals surface area contributed by atoms with Crippen LogP contribution in [0, 0.1) is 35.2 Å². The lowest BCUT2D eigenvalue weighted by atomic mass is 9.68. The number of hydrogen-bond acceptors (Lipinski definition) is 1. The third-order valence-corrected chi connectivity index (χ3v) is 8.76. The van der Waals surface area contributed by atoms with Crippen LogP contribution in [-0.4, -0.2) is 14.4 Å². The van der Waals surface area contributed by atoms with E-state index in [1.54, 1.807) is 30.3 Å². The van der Waals surface area contributed by atoms with Gasteiger partial charge in [0, 0.05) is 17.6 Å². The van der Waals surface area contributed by atoms with E-state index >= 15 is 4.39 Å². The Labute approximate surface area is 219 Å². The van der Waals surface area contributed by atoms with Crippen molar-refractivity contribution in [1.29, 1.82) is 0 Å². The second kappa shape index (κ2) is 11.4. The molecule has 0 N–H and O–H groups in total. The highest BCUT2D eigenvalue weighted by Crippen LogP contribution is 2.44. The summed E-state index contributed by atoms with van der Waals surface area (Å²) in [6.45, 7) is 2.13. The summed E-state index contributed by atoms with van der Waals surface area (Å²) in [5.41, 5.74) is 2.92. The zero-order valence-corrected chi connectivity index (χ0v) is 21.5.